The number of aliphatic imine (C=N–C) groups is 1. The summed E-state index contributed by atoms with van der Waals surface area (Å²) in [6.07, 6.45) is -4.90. The van der Waals surface area contributed by atoms with Gasteiger partial charge in [-0.2, -0.15) is 13.2 Å². The molecule has 1 aliphatic rings. The second-order valence-electron chi connectivity index (χ2n) is 6.75. The van der Waals surface area contributed by atoms with Crippen molar-refractivity contribution in [2.24, 2.45) is 10.9 Å². The van der Waals surface area contributed by atoms with Gasteiger partial charge in [-0.05, 0) is 32.4 Å². The van der Waals surface area contributed by atoms with Crippen LogP contribution in [0.25, 0.3) is 15.8 Å². The summed E-state index contributed by atoms with van der Waals surface area (Å²) in [7, 11) is 0. The van der Waals surface area contributed by atoms with E-state index in [0.29, 0.717) is 0 Å². The van der Waals surface area contributed by atoms with Crippen molar-refractivity contribution in [3.63, 3.8) is 0 Å². The number of para-hydroxylation sites is 1. The summed E-state index contributed by atoms with van der Waals surface area (Å²) in [6, 6.07) is 5.65. The number of hydrogen-bond donors (Lipinski definition) is 0. The molecule has 3 rings (SSSR count). The van der Waals surface area contributed by atoms with E-state index in [2.05, 4.69) is 9.84 Å². The SMILES string of the molecule is [C-]#[N+]C1=C(C(F)(F)F)N=C(C)C(C(=O)OCC)C1c1cccc2c(=O)cc(C)oc12. The second-order valence-corrected chi connectivity index (χ2v) is 6.75. The topological polar surface area (TPSA) is 73.2 Å². The molecule has 0 saturated heterocycles. The van der Waals surface area contributed by atoms with E-state index in [4.69, 9.17) is 15.7 Å². The van der Waals surface area contributed by atoms with E-state index in [1.807, 2.05) is 0 Å². The van der Waals surface area contributed by atoms with Gasteiger partial charge in [0.15, 0.2) is 5.43 Å². The number of fused-ring (bicyclic) bond motifs is 1. The molecule has 156 valence electrons. The average molecular weight is 418 g/mol. The maximum Gasteiger partial charge on any atom is 0.423 e. The van der Waals surface area contributed by atoms with Gasteiger partial charge >= 0.3 is 12.1 Å². The van der Waals surface area contributed by atoms with Crippen LogP contribution in [0.5, 0.6) is 0 Å². The van der Waals surface area contributed by atoms with Crippen molar-refractivity contribution in [2.75, 3.05) is 6.61 Å². The van der Waals surface area contributed by atoms with Crippen molar-refractivity contribution < 1.29 is 27.1 Å². The smallest absolute Gasteiger partial charge is 0.423 e. The number of halogens is 3. The molecule has 0 saturated carbocycles. The van der Waals surface area contributed by atoms with Gasteiger partial charge in [0, 0.05) is 17.7 Å². The highest BCUT2D eigenvalue weighted by Gasteiger charge is 2.48. The molecule has 2 unspecified atom stereocenters. The van der Waals surface area contributed by atoms with Crippen LogP contribution in [-0.2, 0) is 9.53 Å². The van der Waals surface area contributed by atoms with Crippen LogP contribution < -0.4 is 5.43 Å². The summed E-state index contributed by atoms with van der Waals surface area (Å²) >= 11 is 0. The van der Waals surface area contributed by atoms with Crippen LogP contribution >= 0.6 is 0 Å². The molecule has 0 amide bonds. The summed E-state index contributed by atoms with van der Waals surface area (Å²) in [4.78, 5) is 31.7. The summed E-state index contributed by atoms with van der Waals surface area (Å²) in [5.41, 5.74) is -2.48. The van der Waals surface area contributed by atoms with E-state index in [-0.39, 0.29) is 40.0 Å². The van der Waals surface area contributed by atoms with Crippen molar-refractivity contribution in [3.05, 3.63) is 68.6 Å². The molecular formula is C21H17F3N2O4. The fourth-order valence-corrected chi connectivity index (χ4v) is 3.61. The first kappa shape index (κ1) is 21.3. The van der Waals surface area contributed by atoms with Crippen molar-refractivity contribution in [3.8, 4) is 0 Å². The van der Waals surface area contributed by atoms with E-state index < -0.39 is 35.4 Å². The number of benzene rings is 1. The van der Waals surface area contributed by atoms with Gasteiger partial charge in [-0.25, -0.2) is 4.85 Å². The fourth-order valence-electron chi connectivity index (χ4n) is 3.61. The number of alkyl halides is 3. The number of carbonyl (C=O) groups excluding carboxylic acids is 1. The lowest BCUT2D eigenvalue weighted by molar-refractivity contribution is -0.146. The number of esters is 1. The van der Waals surface area contributed by atoms with Gasteiger partial charge in [-0.1, -0.05) is 12.1 Å². The molecule has 1 aromatic carbocycles. The Bertz CT molecular complexity index is 1190. The molecule has 0 bridgehead atoms. The quantitative estimate of drug-likeness (QED) is 0.542. The predicted octanol–water partition coefficient (Wildman–Crippen LogP) is 4.53. The number of allylic oxidation sites excluding steroid dienone is 2. The fraction of sp³-hybridized carbons (Fsp3) is 0.333. The molecule has 0 aliphatic carbocycles. The van der Waals surface area contributed by atoms with Gasteiger partial charge < -0.3 is 9.15 Å². The number of carbonyl (C=O) groups is 1. The number of rotatable bonds is 3. The van der Waals surface area contributed by atoms with Crippen LogP contribution in [0.3, 0.4) is 0 Å². The van der Waals surface area contributed by atoms with Gasteiger partial charge in [-0.3, -0.25) is 14.6 Å². The molecule has 0 radical (unpaired) electrons. The van der Waals surface area contributed by atoms with Gasteiger partial charge in [0.2, 0.25) is 5.70 Å². The molecule has 0 N–H and O–H groups in total. The van der Waals surface area contributed by atoms with E-state index >= 15 is 0 Å². The summed E-state index contributed by atoms with van der Waals surface area (Å²) < 4.78 is 51.7. The first-order chi connectivity index (χ1) is 14.1. The Morgan fingerprint density at radius 1 is 1.33 bits per heavy atom. The van der Waals surface area contributed by atoms with Crippen LogP contribution in [0.2, 0.25) is 0 Å². The Morgan fingerprint density at radius 3 is 2.63 bits per heavy atom. The van der Waals surface area contributed by atoms with Gasteiger partial charge in [-0.15, -0.1) is 0 Å². The minimum Gasteiger partial charge on any atom is -0.466 e. The van der Waals surface area contributed by atoms with Crippen LogP contribution in [0, 0.1) is 19.4 Å². The highest BCUT2D eigenvalue weighted by molar-refractivity contribution is 6.04. The maximum absolute atomic E-state index is 13.7. The molecule has 6 nitrogen and oxygen atoms in total. The van der Waals surface area contributed by atoms with E-state index in [1.165, 1.54) is 38.1 Å². The van der Waals surface area contributed by atoms with E-state index in [1.54, 1.807) is 6.92 Å². The Labute approximate surface area is 169 Å². The largest absolute Gasteiger partial charge is 0.466 e. The van der Waals surface area contributed by atoms with E-state index in [9.17, 15) is 22.8 Å². The number of aryl methyl sites for hydroxylation is 1. The maximum atomic E-state index is 13.7. The third-order valence-corrected chi connectivity index (χ3v) is 4.78. The summed E-state index contributed by atoms with van der Waals surface area (Å²) in [5.74, 6) is -3.20. The van der Waals surface area contributed by atoms with Crippen molar-refractivity contribution in [2.45, 2.75) is 32.9 Å². The molecule has 9 heteroatoms. The lowest BCUT2D eigenvalue weighted by atomic mass is 9.78. The Kier molecular flexibility index (Phi) is 5.53. The third-order valence-electron chi connectivity index (χ3n) is 4.78. The molecular weight excluding hydrogens is 401 g/mol. The Hall–Kier alpha value is -3.41. The zero-order chi connectivity index (χ0) is 22.2. The lowest BCUT2D eigenvalue weighted by Crippen LogP contribution is -2.36. The lowest BCUT2D eigenvalue weighted by Gasteiger charge is -2.31. The van der Waals surface area contributed by atoms with E-state index in [0.717, 1.165) is 0 Å². The minimum atomic E-state index is -4.90. The number of ether oxygens (including phenoxy) is 1. The molecule has 2 aromatic rings. The van der Waals surface area contributed by atoms with Crippen molar-refractivity contribution in [1.29, 1.82) is 0 Å². The zero-order valence-electron chi connectivity index (χ0n) is 16.3. The summed E-state index contributed by atoms with van der Waals surface area (Å²) in [6.45, 7) is 11.8. The van der Waals surface area contributed by atoms with Crippen molar-refractivity contribution >= 4 is 22.7 Å². The van der Waals surface area contributed by atoms with Gasteiger partial charge in [0.1, 0.15) is 17.0 Å². The normalized spacial score (nSPS) is 19.4. The van der Waals surface area contributed by atoms with Gasteiger partial charge in [0.25, 0.3) is 0 Å². The molecule has 2 heterocycles. The van der Waals surface area contributed by atoms with Crippen LogP contribution in [0.4, 0.5) is 13.2 Å². The van der Waals surface area contributed by atoms with Crippen LogP contribution in [-0.4, -0.2) is 24.5 Å². The minimum absolute atomic E-state index is 0.00224. The molecule has 1 aliphatic heterocycles. The molecule has 30 heavy (non-hydrogen) atoms. The van der Waals surface area contributed by atoms with Crippen molar-refractivity contribution in [1.82, 2.24) is 0 Å². The third kappa shape index (κ3) is 3.61. The predicted molar refractivity (Wildman–Crippen MR) is 103 cm³/mol. The Morgan fingerprint density at radius 2 is 2.03 bits per heavy atom. The second kappa shape index (κ2) is 7.78. The molecule has 2 atom stereocenters. The standard InChI is InChI=1S/C21H17F3N2O4/c1-5-29-20(28)15-11(3)26-19(21(22,23)24)17(25-4)16(15)13-8-6-7-12-14(27)9-10(2)30-18(12)13/h6-9,15-16H,5H2,1-3H3. The average Bonchev–Trinajstić information content (AvgIpc) is 2.66. The molecule has 1 aromatic heterocycles. The van der Waals surface area contributed by atoms with Gasteiger partial charge in [0.05, 0.1) is 24.5 Å². The van der Waals surface area contributed by atoms with Crippen LogP contribution in [0.1, 0.15) is 31.1 Å². The van der Waals surface area contributed by atoms with Crippen LogP contribution in [0.15, 0.2) is 49.9 Å². The monoisotopic (exact) mass is 418 g/mol. The first-order valence-corrected chi connectivity index (χ1v) is 9.04. The first-order valence-electron chi connectivity index (χ1n) is 9.04. The highest BCUT2D eigenvalue weighted by atomic mass is 19.4. The number of hydrogen-bond acceptors (Lipinski definition) is 5. The Balaban J connectivity index is 2.40. The molecule has 0 spiro atoms. The number of nitrogens with zero attached hydrogens (tertiary/aromatic N) is 2. The molecule has 0 fully saturated rings. The highest BCUT2D eigenvalue weighted by Crippen LogP contribution is 2.46. The zero-order valence-corrected chi connectivity index (χ0v) is 16.3. The summed E-state index contributed by atoms with van der Waals surface area (Å²) in [5, 5.41) is 0.138.